The van der Waals surface area contributed by atoms with Crippen molar-refractivity contribution < 1.29 is 0 Å². The number of hydrogen-bond donors (Lipinski definition) is 1. The van der Waals surface area contributed by atoms with Gasteiger partial charge in [-0.25, -0.2) is 9.67 Å². The second-order valence-electron chi connectivity index (χ2n) is 4.05. The highest BCUT2D eigenvalue weighted by Crippen LogP contribution is 2.26. The highest BCUT2D eigenvalue weighted by molar-refractivity contribution is 7.15. The van der Waals surface area contributed by atoms with Gasteiger partial charge in [-0.1, -0.05) is 23.2 Å². The van der Waals surface area contributed by atoms with E-state index in [9.17, 15) is 0 Å². The molecule has 3 rings (SSSR count). The molecule has 0 radical (unpaired) electrons. The summed E-state index contributed by atoms with van der Waals surface area (Å²) in [5.74, 6) is 0. The largest absolute Gasteiger partial charge is 0.378 e. The van der Waals surface area contributed by atoms with Crippen LogP contribution >= 0.6 is 34.5 Å². The maximum atomic E-state index is 6.06. The molecule has 20 heavy (non-hydrogen) atoms. The predicted octanol–water partition coefficient (Wildman–Crippen LogP) is 4.25. The molecule has 0 aliphatic carbocycles. The van der Waals surface area contributed by atoms with Gasteiger partial charge in [0, 0.05) is 28.5 Å². The molecule has 0 atom stereocenters. The molecule has 0 bridgehead atoms. The topological polar surface area (TPSA) is 42.7 Å². The lowest BCUT2D eigenvalue weighted by molar-refractivity contribution is 0.879. The third-order valence-corrected chi connectivity index (χ3v) is 4.04. The molecule has 0 aliphatic rings. The molecule has 0 saturated carbocycles. The Morgan fingerprint density at radius 1 is 1.30 bits per heavy atom. The maximum absolute atomic E-state index is 6.06. The number of benzene rings is 1. The first-order chi connectivity index (χ1) is 9.72. The van der Waals surface area contributed by atoms with Crippen LogP contribution < -0.4 is 5.32 Å². The highest BCUT2D eigenvalue weighted by atomic mass is 35.5. The zero-order valence-corrected chi connectivity index (χ0v) is 12.6. The molecule has 1 N–H and O–H groups in total. The van der Waals surface area contributed by atoms with Gasteiger partial charge in [0.05, 0.1) is 17.9 Å². The van der Waals surface area contributed by atoms with Crippen LogP contribution in [0.15, 0.2) is 42.9 Å². The Hall–Kier alpha value is -1.56. The maximum Gasteiger partial charge on any atom is 0.183 e. The van der Waals surface area contributed by atoms with Crippen molar-refractivity contribution in [3.8, 4) is 5.69 Å². The zero-order chi connectivity index (χ0) is 13.9. The number of thiazole rings is 1. The fourth-order valence-corrected chi connectivity index (χ4v) is 2.90. The van der Waals surface area contributed by atoms with Gasteiger partial charge in [-0.15, -0.1) is 11.3 Å². The van der Waals surface area contributed by atoms with Gasteiger partial charge in [0.1, 0.15) is 0 Å². The third kappa shape index (κ3) is 2.95. The van der Waals surface area contributed by atoms with Crippen molar-refractivity contribution in [3.05, 3.63) is 57.2 Å². The molecule has 2 aromatic heterocycles. The number of nitrogens with zero attached hydrogens (tertiary/aromatic N) is 3. The van der Waals surface area contributed by atoms with Gasteiger partial charge >= 0.3 is 0 Å². The number of halogens is 2. The number of hydrogen-bond acceptors (Lipinski definition) is 4. The molecule has 0 amide bonds. The van der Waals surface area contributed by atoms with Crippen LogP contribution in [-0.4, -0.2) is 14.8 Å². The Bertz CT molecular complexity index is 709. The number of anilines is 1. The monoisotopic (exact) mass is 324 g/mol. The first-order valence-electron chi connectivity index (χ1n) is 5.86. The van der Waals surface area contributed by atoms with E-state index in [1.54, 1.807) is 17.1 Å². The van der Waals surface area contributed by atoms with E-state index in [4.69, 9.17) is 23.2 Å². The molecule has 0 fully saturated rings. The predicted molar refractivity (Wildman–Crippen MR) is 83.0 cm³/mol. The quantitative estimate of drug-likeness (QED) is 0.780. The summed E-state index contributed by atoms with van der Waals surface area (Å²) in [7, 11) is 0. The molecule has 0 spiro atoms. The molecule has 7 heteroatoms. The molecular weight excluding hydrogens is 315 g/mol. The van der Waals surface area contributed by atoms with Crippen molar-refractivity contribution in [2.75, 3.05) is 5.32 Å². The van der Waals surface area contributed by atoms with E-state index in [0.717, 1.165) is 16.3 Å². The van der Waals surface area contributed by atoms with E-state index in [1.807, 2.05) is 30.5 Å². The van der Waals surface area contributed by atoms with Crippen molar-refractivity contribution in [1.29, 1.82) is 0 Å². The lowest BCUT2D eigenvalue weighted by atomic mass is 10.2. The molecule has 0 unspecified atom stereocenters. The van der Waals surface area contributed by atoms with Gasteiger partial charge in [0.2, 0.25) is 0 Å². The number of nitrogens with one attached hydrogen (secondary N) is 1. The molecular formula is C13H10Cl2N4S. The Labute approximate surface area is 130 Å². The highest BCUT2D eigenvalue weighted by Gasteiger charge is 2.07. The minimum absolute atomic E-state index is 0.542. The van der Waals surface area contributed by atoms with Gasteiger partial charge in [-0.2, -0.15) is 5.10 Å². The standard InChI is InChI=1S/C13H10Cl2N4S/c14-9-2-3-12(19-5-1-4-18-19)11(6-9)16-7-10-8-17-13(15)20-10/h1-6,8,16H,7H2. The van der Waals surface area contributed by atoms with E-state index >= 15 is 0 Å². The Morgan fingerprint density at radius 2 is 2.20 bits per heavy atom. The Balaban J connectivity index is 1.86. The molecule has 4 nitrogen and oxygen atoms in total. The number of aromatic nitrogens is 3. The van der Waals surface area contributed by atoms with Crippen LogP contribution in [0, 0.1) is 0 Å². The summed E-state index contributed by atoms with van der Waals surface area (Å²) in [5.41, 5.74) is 1.85. The second-order valence-corrected chi connectivity index (χ2v) is 6.18. The van der Waals surface area contributed by atoms with Crippen molar-refractivity contribution in [2.45, 2.75) is 6.54 Å². The molecule has 3 aromatic rings. The lowest BCUT2D eigenvalue weighted by Gasteiger charge is -2.11. The normalized spacial score (nSPS) is 10.7. The summed E-state index contributed by atoms with van der Waals surface area (Å²) in [6, 6.07) is 7.52. The van der Waals surface area contributed by atoms with Crippen LogP contribution in [0.4, 0.5) is 5.69 Å². The van der Waals surface area contributed by atoms with Crippen LogP contribution in [0.25, 0.3) is 5.69 Å². The van der Waals surface area contributed by atoms with Crippen LogP contribution in [0.2, 0.25) is 9.49 Å². The van der Waals surface area contributed by atoms with Gasteiger partial charge in [-0.3, -0.25) is 0 Å². The van der Waals surface area contributed by atoms with Gasteiger partial charge < -0.3 is 5.32 Å². The molecule has 0 aliphatic heterocycles. The Kier molecular flexibility index (Phi) is 3.91. The fourth-order valence-electron chi connectivity index (χ4n) is 1.81. The molecule has 0 saturated heterocycles. The minimum Gasteiger partial charge on any atom is -0.378 e. The summed E-state index contributed by atoms with van der Waals surface area (Å²) < 4.78 is 2.33. The SMILES string of the molecule is Clc1ccc(-n2cccn2)c(NCc2cnc(Cl)s2)c1. The van der Waals surface area contributed by atoms with Crippen molar-refractivity contribution in [1.82, 2.24) is 14.8 Å². The van der Waals surface area contributed by atoms with E-state index in [-0.39, 0.29) is 0 Å². The van der Waals surface area contributed by atoms with Gasteiger partial charge in [0.15, 0.2) is 4.47 Å². The van der Waals surface area contributed by atoms with Crippen LogP contribution in [0.1, 0.15) is 4.88 Å². The lowest BCUT2D eigenvalue weighted by Crippen LogP contribution is -2.04. The minimum atomic E-state index is 0.542. The van der Waals surface area contributed by atoms with E-state index < -0.39 is 0 Å². The smallest absolute Gasteiger partial charge is 0.183 e. The summed E-state index contributed by atoms with van der Waals surface area (Å²) in [4.78, 5) is 5.08. The van der Waals surface area contributed by atoms with E-state index in [1.165, 1.54) is 11.3 Å². The first-order valence-corrected chi connectivity index (χ1v) is 7.43. The molecule has 2 heterocycles. The van der Waals surface area contributed by atoms with Crippen LogP contribution in [0.3, 0.4) is 0 Å². The summed E-state index contributed by atoms with van der Waals surface area (Å²) in [6.07, 6.45) is 5.39. The molecule has 1 aromatic carbocycles. The summed E-state index contributed by atoms with van der Waals surface area (Å²) in [5, 5.41) is 8.25. The molecule has 102 valence electrons. The second kappa shape index (κ2) is 5.83. The Morgan fingerprint density at radius 3 is 2.90 bits per heavy atom. The average Bonchev–Trinajstić information content (AvgIpc) is 3.08. The van der Waals surface area contributed by atoms with Crippen molar-refractivity contribution in [3.63, 3.8) is 0 Å². The van der Waals surface area contributed by atoms with E-state index in [2.05, 4.69) is 15.4 Å². The van der Waals surface area contributed by atoms with Crippen LogP contribution in [0.5, 0.6) is 0 Å². The van der Waals surface area contributed by atoms with Crippen molar-refractivity contribution >= 4 is 40.2 Å². The number of rotatable bonds is 4. The first kappa shape index (κ1) is 13.4. The van der Waals surface area contributed by atoms with Gasteiger partial charge in [-0.05, 0) is 24.3 Å². The summed E-state index contributed by atoms with van der Waals surface area (Å²) in [6.45, 7) is 0.638. The van der Waals surface area contributed by atoms with E-state index in [0.29, 0.717) is 16.0 Å². The van der Waals surface area contributed by atoms with Crippen LogP contribution in [-0.2, 0) is 6.54 Å². The average molecular weight is 325 g/mol. The van der Waals surface area contributed by atoms with Gasteiger partial charge in [0.25, 0.3) is 0 Å². The van der Waals surface area contributed by atoms with Crippen molar-refractivity contribution in [2.24, 2.45) is 0 Å². The zero-order valence-electron chi connectivity index (χ0n) is 10.3. The third-order valence-electron chi connectivity index (χ3n) is 2.69. The summed E-state index contributed by atoms with van der Waals surface area (Å²) >= 11 is 13.3. The fraction of sp³-hybridized carbons (Fsp3) is 0.0769.